The average molecular weight is 297 g/mol. The van der Waals surface area contributed by atoms with Crippen LogP contribution in [-0.2, 0) is 23.0 Å². The van der Waals surface area contributed by atoms with Crippen molar-refractivity contribution in [2.45, 2.75) is 24.8 Å². The number of furan rings is 1. The molecule has 0 fully saturated rings. The largest absolute Gasteiger partial charge is 0.469 e. The first kappa shape index (κ1) is 14.8. The smallest absolute Gasteiger partial charge is 0.242 e. The van der Waals surface area contributed by atoms with Gasteiger partial charge in [-0.2, -0.15) is 0 Å². The number of hydrogen-bond acceptors (Lipinski definition) is 4. The second-order valence-corrected chi connectivity index (χ2v) is 6.14. The van der Waals surface area contributed by atoms with Crippen LogP contribution in [0.15, 0.2) is 40.0 Å². The van der Waals surface area contributed by atoms with Crippen LogP contribution in [0.1, 0.15) is 18.4 Å². The molecule has 2 aromatic heterocycles. The first-order valence-electron chi connectivity index (χ1n) is 6.52. The number of H-pyrrole nitrogens is 1. The summed E-state index contributed by atoms with van der Waals surface area (Å²) in [4.78, 5) is 3.20. The second-order valence-electron chi connectivity index (χ2n) is 4.37. The van der Waals surface area contributed by atoms with Gasteiger partial charge in [0.15, 0.2) is 0 Å². The van der Waals surface area contributed by atoms with Crippen LogP contribution >= 0.6 is 0 Å². The molecule has 0 aliphatic heterocycles. The minimum absolute atomic E-state index is 0.254. The van der Waals surface area contributed by atoms with Crippen LogP contribution in [0.25, 0.3) is 0 Å². The van der Waals surface area contributed by atoms with Gasteiger partial charge in [-0.3, -0.25) is 0 Å². The quantitative estimate of drug-likeness (QED) is 0.684. The zero-order chi connectivity index (χ0) is 14.4. The summed E-state index contributed by atoms with van der Waals surface area (Å²) in [7, 11) is -3.47. The van der Waals surface area contributed by atoms with Crippen LogP contribution in [0.4, 0.5) is 0 Å². The number of aromatic nitrogens is 1. The van der Waals surface area contributed by atoms with Crippen LogP contribution in [0.5, 0.6) is 0 Å². The van der Waals surface area contributed by atoms with Gasteiger partial charge in [0.05, 0.1) is 11.2 Å². The van der Waals surface area contributed by atoms with Gasteiger partial charge in [0.1, 0.15) is 5.76 Å². The van der Waals surface area contributed by atoms with Gasteiger partial charge in [-0.05, 0) is 24.7 Å². The molecule has 7 heteroatoms. The van der Waals surface area contributed by atoms with Gasteiger partial charge in [0.2, 0.25) is 10.0 Å². The van der Waals surface area contributed by atoms with E-state index in [1.807, 2.05) is 13.0 Å². The summed E-state index contributed by atoms with van der Waals surface area (Å²) in [6, 6.07) is 5.24. The number of rotatable bonds is 8. The van der Waals surface area contributed by atoms with E-state index in [0.29, 0.717) is 19.5 Å². The Hall–Kier alpha value is -1.57. The Bertz CT molecular complexity index is 617. The molecular formula is C13H19N3O3S. The molecule has 0 aliphatic carbocycles. The number of hydrogen-bond donors (Lipinski definition) is 3. The molecule has 6 nitrogen and oxygen atoms in total. The Labute approximate surface area is 118 Å². The first-order valence-corrected chi connectivity index (χ1v) is 8.00. The molecule has 0 aliphatic rings. The SMILES string of the molecule is CCNCc1cc(S(=O)(=O)NCCc2ccco2)c[nH]1. The molecule has 0 unspecified atom stereocenters. The second kappa shape index (κ2) is 6.74. The normalized spacial score (nSPS) is 11.8. The van der Waals surface area contributed by atoms with E-state index in [9.17, 15) is 8.42 Å². The molecule has 2 rings (SSSR count). The van der Waals surface area contributed by atoms with Gasteiger partial charge in [-0.1, -0.05) is 6.92 Å². The monoisotopic (exact) mass is 297 g/mol. The molecular weight excluding hydrogens is 278 g/mol. The van der Waals surface area contributed by atoms with Crippen molar-refractivity contribution < 1.29 is 12.8 Å². The number of aromatic amines is 1. The van der Waals surface area contributed by atoms with Crippen LogP contribution in [0.2, 0.25) is 0 Å². The van der Waals surface area contributed by atoms with E-state index in [1.54, 1.807) is 18.4 Å². The zero-order valence-corrected chi connectivity index (χ0v) is 12.2. The van der Waals surface area contributed by atoms with Crippen LogP contribution in [0.3, 0.4) is 0 Å². The third-order valence-corrected chi connectivity index (χ3v) is 4.28. The molecule has 110 valence electrons. The minimum atomic E-state index is -3.47. The molecule has 2 heterocycles. The van der Waals surface area contributed by atoms with Crippen molar-refractivity contribution in [2.24, 2.45) is 0 Å². The van der Waals surface area contributed by atoms with Crippen molar-refractivity contribution in [2.75, 3.05) is 13.1 Å². The lowest BCUT2D eigenvalue weighted by molar-refractivity contribution is 0.506. The highest BCUT2D eigenvalue weighted by molar-refractivity contribution is 7.89. The highest BCUT2D eigenvalue weighted by atomic mass is 32.2. The molecule has 0 spiro atoms. The van der Waals surface area contributed by atoms with Crippen molar-refractivity contribution in [1.82, 2.24) is 15.0 Å². The van der Waals surface area contributed by atoms with E-state index in [4.69, 9.17) is 4.42 Å². The maximum absolute atomic E-state index is 12.1. The Kier molecular flexibility index (Phi) is 4.99. The minimum Gasteiger partial charge on any atom is -0.469 e. The van der Waals surface area contributed by atoms with E-state index in [0.717, 1.165) is 18.0 Å². The first-order chi connectivity index (χ1) is 9.62. The molecule has 2 aromatic rings. The Balaban J connectivity index is 1.90. The van der Waals surface area contributed by atoms with Crippen molar-refractivity contribution in [3.63, 3.8) is 0 Å². The summed E-state index contributed by atoms with van der Waals surface area (Å²) in [6.45, 7) is 3.77. The van der Waals surface area contributed by atoms with Crippen LogP contribution in [-0.4, -0.2) is 26.5 Å². The fourth-order valence-corrected chi connectivity index (χ4v) is 2.83. The van der Waals surface area contributed by atoms with E-state index in [2.05, 4.69) is 15.0 Å². The average Bonchev–Trinajstić information content (AvgIpc) is 3.07. The summed E-state index contributed by atoms with van der Waals surface area (Å²) in [5, 5.41) is 3.13. The standard InChI is InChI=1S/C13H19N3O3S/c1-2-14-9-11-8-13(10-15-11)20(17,18)16-6-5-12-4-3-7-19-12/h3-4,7-8,10,14-16H,2,5-6,9H2,1H3. The molecule has 0 aromatic carbocycles. The van der Waals surface area contributed by atoms with Crippen molar-refractivity contribution in [3.05, 3.63) is 42.1 Å². The van der Waals surface area contributed by atoms with E-state index < -0.39 is 10.0 Å². The van der Waals surface area contributed by atoms with Crippen LogP contribution < -0.4 is 10.0 Å². The highest BCUT2D eigenvalue weighted by Crippen LogP contribution is 2.10. The fraction of sp³-hybridized carbons (Fsp3) is 0.385. The lowest BCUT2D eigenvalue weighted by Crippen LogP contribution is -2.25. The molecule has 0 amide bonds. The molecule has 20 heavy (non-hydrogen) atoms. The number of nitrogens with one attached hydrogen (secondary N) is 3. The number of sulfonamides is 1. The lowest BCUT2D eigenvalue weighted by atomic mass is 10.3. The van der Waals surface area contributed by atoms with Crippen molar-refractivity contribution in [3.8, 4) is 0 Å². The van der Waals surface area contributed by atoms with Crippen LogP contribution in [0, 0.1) is 0 Å². The Morgan fingerprint density at radius 2 is 2.25 bits per heavy atom. The van der Waals surface area contributed by atoms with Gasteiger partial charge in [-0.15, -0.1) is 0 Å². The third-order valence-electron chi connectivity index (χ3n) is 2.84. The molecule has 0 saturated heterocycles. The van der Waals surface area contributed by atoms with Crippen molar-refractivity contribution in [1.29, 1.82) is 0 Å². The zero-order valence-electron chi connectivity index (χ0n) is 11.3. The summed E-state index contributed by atoms with van der Waals surface area (Å²) in [5.74, 6) is 0.759. The van der Waals surface area contributed by atoms with Gasteiger partial charge < -0.3 is 14.7 Å². The molecule has 0 radical (unpaired) electrons. The Morgan fingerprint density at radius 1 is 1.40 bits per heavy atom. The summed E-state index contributed by atoms with van der Waals surface area (Å²) >= 11 is 0. The van der Waals surface area contributed by atoms with Gasteiger partial charge in [-0.25, -0.2) is 13.1 Å². The third kappa shape index (κ3) is 3.96. The molecule has 3 N–H and O–H groups in total. The van der Waals surface area contributed by atoms with E-state index >= 15 is 0 Å². The summed E-state index contributed by atoms with van der Waals surface area (Å²) in [5.41, 5.74) is 0.846. The van der Waals surface area contributed by atoms with Crippen molar-refractivity contribution >= 4 is 10.0 Å². The van der Waals surface area contributed by atoms with Gasteiger partial charge >= 0.3 is 0 Å². The molecule has 0 atom stereocenters. The maximum atomic E-state index is 12.1. The highest BCUT2D eigenvalue weighted by Gasteiger charge is 2.15. The van der Waals surface area contributed by atoms with Gasteiger partial charge in [0.25, 0.3) is 0 Å². The molecule has 0 saturated carbocycles. The summed E-state index contributed by atoms with van der Waals surface area (Å²) < 4.78 is 31.8. The maximum Gasteiger partial charge on any atom is 0.242 e. The topological polar surface area (TPSA) is 87.1 Å². The van der Waals surface area contributed by atoms with E-state index in [-0.39, 0.29) is 4.90 Å². The van der Waals surface area contributed by atoms with Gasteiger partial charge in [0, 0.05) is 31.4 Å². The summed E-state index contributed by atoms with van der Waals surface area (Å²) in [6.07, 6.45) is 3.60. The fourth-order valence-electron chi connectivity index (χ4n) is 1.78. The van der Waals surface area contributed by atoms with E-state index in [1.165, 1.54) is 6.20 Å². The Morgan fingerprint density at radius 3 is 2.95 bits per heavy atom. The predicted molar refractivity (Wildman–Crippen MR) is 75.8 cm³/mol. The lowest BCUT2D eigenvalue weighted by Gasteiger charge is -2.03. The molecule has 0 bridgehead atoms. The predicted octanol–water partition coefficient (Wildman–Crippen LogP) is 1.24.